The number of nitrogens with one attached hydrogen (secondary N) is 1. The average Bonchev–Trinajstić information content (AvgIpc) is 2.93. The quantitative estimate of drug-likeness (QED) is 0.682. The highest BCUT2D eigenvalue weighted by atomic mass is 16.2. The zero-order valence-corrected chi connectivity index (χ0v) is 8.29. The summed E-state index contributed by atoms with van der Waals surface area (Å²) in [5.74, 6) is 0.741. The van der Waals surface area contributed by atoms with E-state index in [4.69, 9.17) is 0 Å². The first-order valence-corrected chi connectivity index (χ1v) is 5.30. The van der Waals surface area contributed by atoms with Crippen LogP contribution >= 0.6 is 0 Å². The van der Waals surface area contributed by atoms with Crippen LogP contribution in [0, 0.1) is 5.92 Å². The number of carbonyl (C=O) groups is 2. The number of hydrogen-bond acceptors (Lipinski definition) is 2. The van der Waals surface area contributed by atoms with E-state index in [-0.39, 0.29) is 18.4 Å². The predicted octanol–water partition coefficient (Wildman–Crippen LogP) is 0.135. The molecule has 78 valence electrons. The molecule has 0 spiro atoms. The van der Waals surface area contributed by atoms with Crippen LogP contribution in [0.3, 0.4) is 0 Å². The summed E-state index contributed by atoms with van der Waals surface area (Å²) in [4.78, 5) is 24.6. The molecule has 2 aliphatic rings. The molecule has 0 atom stereocenters. The summed E-state index contributed by atoms with van der Waals surface area (Å²) in [5.41, 5.74) is 0. The molecule has 14 heavy (non-hydrogen) atoms. The Morgan fingerprint density at radius 2 is 2.29 bits per heavy atom. The van der Waals surface area contributed by atoms with Crippen molar-refractivity contribution in [2.75, 3.05) is 19.6 Å². The normalized spacial score (nSPS) is 22.9. The Kier molecular flexibility index (Phi) is 2.70. The summed E-state index contributed by atoms with van der Waals surface area (Å²) < 4.78 is 0. The van der Waals surface area contributed by atoms with E-state index in [2.05, 4.69) is 5.32 Å². The molecular weight excluding hydrogens is 180 g/mol. The molecule has 2 rings (SSSR count). The van der Waals surface area contributed by atoms with Gasteiger partial charge in [-0.1, -0.05) is 0 Å². The second kappa shape index (κ2) is 3.98. The molecule has 4 heteroatoms. The maximum absolute atomic E-state index is 11.7. The van der Waals surface area contributed by atoms with E-state index in [1.54, 1.807) is 4.90 Å². The first-order valence-electron chi connectivity index (χ1n) is 5.30. The van der Waals surface area contributed by atoms with E-state index < -0.39 is 0 Å². The molecule has 4 nitrogen and oxygen atoms in total. The third kappa shape index (κ3) is 2.47. The monoisotopic (exact) mass is 196 g/mol. The van der Waals surface area contributed by atoms with Gasteiger partial charge >= 0.3 is 0 Å². The smallest absolute Gasteiger partial charge is 0.239 e. The average molecular weight is 196 g/mol. The van der Waals surface area contributed by atoms with Gasteiger partial charge in [-0.05, 0) is 25.2 Å². The molecule has 1 N–H and O–H groups in total. The van der Waals surface area contributed by atoms with Gasteiger partial charge in [-0.3, -0.25) is 9.59 Å². The minimum Gasteiger partial charge on any atom is -0.354 e. The standard InChI is InChI=1S/C10H16N2O2/c13-9-7-12(5-1-4-11-9)10(14)6-8-2-3-8/h8H,1-7H2,(H,11,13). The number of nitrogens with zero attached hydrogens (tertiary/aromatic N) is 1. The molecule has 1 heterocycles. The highest BCUT2D eigenvalue weighted by Crippen LogP contribution is 2.32. The summed E-state index contributed by atoms with van der Waals surface area (Å²) in [7, 11) is 0. The lowest BCUT2D eigenvalue weighted by Gasteiger charge is -2.18. The second-order valence-electron chi connectivity index (χ2n) is 4.17. The van der Waals surface area contributed by atoms with E-state index in [1.807, 2.05) is 0 Å². The molecule has 1 aliphatic heterocycles. The van der Waals surface area contributed by atoms with Crippen molar-refractivity contribution in [3.8, 4) is 0 Å². The van der Waals surface area contributed by atoms with Gasteiger partial charge in [-0.15, -0.1) is 0 Å². The van der Waals surface area contributed by atoms with Gasteiger partial charge in [0.05, 0.1) is 6.54 Å². The SMILES string of the molecule is O=C1CN(C(=O)CC2CC2)CCCN1. The topological polar surface area (TPSA) is 49.4 Å². The van der Waals surface area contributed by atoms with Crippen LogP contribution in [0.2, 0.25) is 0 Å². The first kappa shape index (κ1) is 9.49. The molecule has 1 aliphatic carbocycles. The summed E-state index contributed by atoms with van der Waals surface area (Å²) in [6, 6.07) is 0. The van der Waals surface area contributed by atoms with Crippen LogP contribution in [0.25, 0.3) is 0 Å². The molecule has 0 aromatic rings. The number of hydrogen-bond donors (Lipinski definition) is 1. The predicted molar refractivity (Wildman–Crippen MR) is 51.5 cm³/mol. The van der Waals surface area contributed by atoms with Gasteiger partial charge in [-0.2, -0.15) is 0 Å². The van der Waals surface area contributed by atoms with E-state index in [9.17, 15) is 9.59 Å². The summed E-state index contributed by atoms with van der Waals surface area (Å²) in [6.45, 7) is 1.68. The van der Waals surface area contributed by atoms with Gasteiger partial charge < -0.3 is 10.2 Å². The Bertz CT molecular complexity index is 249. The van der Waals surface area contributed by atoms with E-state index in [0.717, 1.165) is 13.0 Å². The lowest BCUT2D eigenvalue weighted by atomic mass is 10.2. The summed E-state index contributed by atoms with van der Waals surface area (Å²) >= 11 is 0. The van der Waals surface area contributed by atoms with Crippen molar-refractivity contribution in [3.05, 3.63) is 0 Å². The highest BCUT2D eigenvalue weighted by Gasteiger charge is 2.28. The molecule has 2 amide bonds. The second-order valence-corrected chi connectivity index (χ2v) is 4.17. The Labute approximate surface area is 83.6 Å². The lowest BCUT2D eigenvalue weighted by molar-refractivity contribution is -0.135. The van der Waals surface area contributed by atoms with Crippen molar-refractivity contribution in [2.45, 2.75) is 25.7 Å². The van der Waals surface area contributed by atoms with Crippen LogP contribution < -0.4 is 5.32 Å². The third-order valence-electron chi connectivity index (χ3n) is 2.77. The maximum atomic E-state index is 11.7. The van der Waals surface area contributed by atoms with Crippen LogP contribution in [-0.4, -0.2) is 36.3 Å². The van der Waals surface area contributed by atoms with Gasteiger partial charge in [0.25, 0.3) is 0 Å². The lowest BCUT2D eigenvalue weighted by Crippen LogP contribution is -2.37. The molecule has 0 aromatic carbocycles. The Balaban J connectivity index is 1.86. The minimum absolute atomic E-state index is 0.0216. The van der Waals surface area contributed by atoms with Crippen LogP contribution in [-0.2, 0) is 9.59 Å². The highest BCUT2D eigenvalue weighted by molar-refractivity contribution is 5.85. The van der Waals surface area contributed by atoms with E-state index in [1.165, 1.54) is 12.8 Å². The van der Waals surface area contributed by atoms with Gasteiger partial charge in [0.15, 0.2) is 0 Å². The Hall–Kier alpha value is -1.06. The molecule has 1 saturated carbocycles. The van der Waals surface area contributed by atoms with Crippen molar-refractivity contribution in [2.24, 2.45) is 5.92 Å². The summed E-state index contributed by atoms with van der Waals surface area (Å²) in [5, 5.41) is 2.77. The van der Waals surface area contributed by atoms with Crippen LogP contribution in [0.4, 0.5) is 0 Å². The zero-order valence-electron chi connectivity index (χ0n) is 8.29. The van der Waals surface area contributed by atoms with E-state index in [0.29, 0.717) is 18.9 Å². The molecular formula is C10H16N2O2. The maximum Gasteiger partial charge on any atom is 0.239 e. The molecule has 0 unspecified atom stereocenters. The van der Waals surface area contributed by atoms with E-state index >= 15 is 0 Å². The van der Waals surface area contributed by atoms with Crippen molar-refractivity contribution < 1.29 is 9.59 Å². The largest absolute Gasteiger partial charge is 0.354 e. The van der Waals surface area contributed by atoms with Crippen molar-refractivity contribution in [1.29, 1.82) is 0 Å². The van der Waals surface area contributed by atoms with Crippen molar-refractivity contribution in [3.63, 3.8) is 0 Å². The summed E-state index contributed by atoms with van der Waals surface area (Å²) in [6.07, 6.45) is 3.90. The van der Waals surface area contributed by atoms with Crippen LogP contribution in [0.1, 0.15) is 25.7 Å². The van der Waals surface area contributed by atoms with Gasteiger partial charge in [0.1, 0.15) is 0 Å². The fourth-order valence-corrected chi connectivity index (χ4v) is 1.72. The molecule has 0 aromatic heterocycles. The molecule has 0 bridgehead atoms. The Morgan fingerprint density at radius 1 is 1.50 bits per heavy atom. The zero-order chi connectivity index (χ0) is 9.97. The fraction of sp³-hybridized carbons (Fsp3) is 0.800. The number of rotatable bonds is 2. The van der Waals surface area contributed by atoms with Crippen molar-refractivity contribution >= 4 is 11.8 Å². The molecule has 0 radical (unpaired) electrons. The Morgan fingerprint density at radius 3 is 3.00 bits per heavy atom. The molecule has 1 saturated heterocycles. The minimum atomic E-state index is -0.0216. The van der Waals surface area contributed by atoms with Crippen LogP contribution in [0.15, 0.2) is 0 Å². The fourth-order valence-electron chi connectivity index (χ4n) is 1.72. The molecule has 2 fully saturated rings. The van der Waals surface area contributed by atoms with Crippen LogP contribution in [0.5, 0.6) is 0 Å². The van der Waals surface area contributed by atoms with Crippen molar-refractivity contribution in [1.82, 2.24) is 10.2 Å². The van der Waals surface area contributed by atoms with Gasteiger partial charge in [0.2, 0.25) is 11.8 Å². The van der Waals surface area contributed by atoms with Gasteiger partial charge in [-0.25, -0.2) is 0 Å². The third-order valence-corrected chi connectivity index (χ3v) is 2.77. The number of amides is 2. The first-order chi connectivity index (χ1) is 6.75. The van der Waals surface area contributed by atoms with Gasteiger partial charge in [0, 0.05) is 19.5 Å². The number of carbonyl (C=O) groups excluding carboxylic acids is 2.